The maximum Gasteiger partial charge on any atom is 0.349 e. The van der Waals surface area contributed by atoms with E-state index in [0.29, 0.717) is 17.2 Å². The third-order valence-corrected chi connectivity index (χ3v) is 4.14. The molecule has 0 unspecified atom stereocenters. The van der Waals surface area contributed by atoms with E-state index in [-0.39, 0.29) is 11.5 Å². The molecule has 0 fully saturated rings. The highest BCUT2D eigenvalue weighted by atomic mass is 16.6. The van der Waals surface area contributed by atoms with Crippen molar-refractivity contribution in [1.82, 2.24) is 10.2 Å². The summed E-state index contributed by atoms with van der Waals surface area (Å²) in [4.78, 5) is 12.4. The van der Waals surface area contributed by atoms with Crippen molar-refractivity contribution in [3.8, 4) is 23.3 Å². The molecule has 7 nitrogen and oxygen atoms in total. The van der Waals surface area contributed by atoms with E-state index in [1.807, 2.05) is 37.3 Å². The molecule has 0 aliphatic rings. The third kappa shape index (κ3) is 4.87. The molecule has 7 heteroatoms. The normalized spacial score (nSPS) is 12.1. The third-order valence-electron chi connectivity index (χ3n) is 4.14. The smallest absolute Gasteiger partial charge is 0.349 e. The zero-order valence-electron chi connectivity index (χ0n) is 16.2. The first-order chi connectivity index (χ1) is 14.0. The molecule has 1 heterocycles. The van der Waals surface area contributed by atoms with E-state index >= 15 is 0 Å². The second-order valence-electron chi connectivity index (χ2n) is 6.30. The number of ether oxygens (including phenoxy) is 2. The quantitative estimate of drug-likeness (QED) is 0.353. The molecule has 0 bridgehead atoms. The van der Waals surface area contributed by atoms with Gasteiger partial charge in [-0.2, -0.15) is 5.26 Å². The van der Waals surface area contributed by atoms with Gasteiger partial charge in [-0.3, -0.25) is 0 Å². The average molecular weight is 389 g/mol. The molecule has 0 spiro atoms. The summed E-state index contributed by atoms with van der Waals surface area (Å²) >= 11 is 0. The fourth-order valence-electron chi connectivity index (χ4n) is 2.49. The lowest BCUT2D eigenvalue weighted by Crippen LogP contribution is -2.11. The van der Waals surface area contributed by atoms with Crippen LogP contribution in [-0.2, 0) is 9.53 Å². The number of methoxy groups -OCH3 is 1. The molecular formula is C22H19N3O4. The number of esters is 1. The van der Waals surface area contributed by atoms with Gasteiger partial charge < -0.3 is 13.9 Å². The summed E-state index contributed by atoms with van der Waals surface area (Å²) in [6.07, 6.45) is 0.641. The van der Waals surface area contributed by atoms with Crippen molar-refractivity contribution in [2.24, 2.45) is 0 Å². The molecule has 3 aromatic rings. The predicted octanol–water partition coefficient (Wildman–Crippen LogP) is 4.27. The molecule has 0 aliphatic carbocycles. The monoisotopic (exact) mass is 389 g/mol. The second kappa shape index (κ2) is 8.85. The second-order valence-corrected chi connectivity index (χ2v) is 6.30. The highest BCUT2D eigenvalue weighted by Crippen LogP contribution is 2.23. The molecule has 29 heavy (non-hydrogen) atoms. The number of rotatable bonds is 6. The van der Waals surface area contributed by atoms with E-state index in [9.17, 15) is 10.1 Å². The van der Waals surface area contributed by atoms with Crippen LogP contribution in [-0.4, -0.2) is 23.3 Å². The Kier molecular flexibility index (Phi) is 6.05. The minimum atomic E-state index is -0.804. The van der Waals surface area contributed by atoms with E-state index in [4.69, 9.17) is 13.9 Å². The topological polar surface area (TPSA) is 98.2 Å². The summed E-state index contributed by atoms with van der Waals surface area (Å²) in [5, 5.41) is 17.3. The van der Waals surface area contributed by atoms with Crippen LogP contribution >= 0.6 is 0 Å². The maximum atomic E-state index is 12.4. The number of benzene rings is 2. The van der Waals surface area contributed by atoms with E-state index in [2.05, 4.69) is 10.2 Å². The number of nitriles is 1. The lowest BCUT2D eigenvalue weighted by molar-refractivity contribution is -0.144. The van der Waals surface area contributed by atoms with Gasteiger partial charge in [-0.05, 0) is 49.8 Å². The number of hydrogen-bond donors (Lipinski definition) is 0. The molecule has 1 aromatic heterocycles. The summed E-state index contributed by atoms with van der Waals surface area (Å²) in [6.45, 7) is 3.59. The Morgan fingerprint density at radius 2 is 1.83 bits per heavy atom. The predicted molar refractivity (Wildman–Crippen MR) is 106 cm³/mol. The number of carbonyl (C=O) groups is 1. The van der Waals surface area contributed by atoms with E-state index in [0.717, 1.165) is 11.1 Å². The molecule has 0 N–H and O–H groups in total. The van der Waals surface area contributed by atoms with Gasteiger partial charge in [-0.25, -0.2) is 4.79 Å². The van der Waals surface area contributed by atoms with Crippen LogP contribution in [0.1, 0.15) is 30.0 Å². The molecule has 0 saturated carbocycles. The first-order valence-electron chi connectivity index (χ1n) is 8.87. The Hall–Kier alpha value is -3.92. The van der Waals surface area contributed by atoms with Crippen molar-refractivity contribution < 1.29 is 18.7 Å². The molecule has 146 valence electrons. The van der Waals surface area contributed by atoms with Gasteiger partial charge in [0, 0.05) is 5.56 Å². The summed E-state index contributed by atoms with van der Waals surface area (Å²) in [7, 11) is 1.56. The highest BCUT2D eigenvalue weighted by Gasteiger charge is 2.21. The zero-order chi connectivity index (χ0) is 20.8. The molecule has 0 radical (unpaired) electrons. The Labute approximate surface area is 168 Å². The SMILES string of the molecule is COc1ccc(/C=C(\C#N)C(=O)O[C@H](C)c2nnc(-c3ccc(C)cc3)o2)cc1. The van der Waals surface area contributed by atoms with Crippen LogP contribution < -0.4 is 4.74 Å². The number of aromatic nitrogens is 2. The Morgan fingerprint density at radius 3 is 2.45 bits per heavy atom. The van der Waals surface area contributed by atoms with Gasteiger partial charge >= 0.3 is 5.97 Å². The van der Waals surface area contributed by atoms with Crippen molar-refractivity contribution in [3.05, 3.63) is 71.1 Å². The number of carbonyl (C=O) groups excluding carboxylic acids is 1. The largest absolute Gasteiger partial charge is 0.497 e. The molecular weight excluding hydrogens is 370 g/mol. The average Bonchev–Trinajstić information content (AvgIpc) is 3.23. The summed E-state index contributed by atoms with van der Waals surface area (Å²) < 4.78 is 16.0. The zero-order valence-corrected chi connectivity index (χ0v) is 16.2. The lowest BCUT2D eigenvalue weighted by Gasteiger charge is -2.08. The Morgan fingerprint density at radius 1 is 1.14 bits per heavy atom. The van der Waals surface area contributed by atoms with Gasteiger partial charge in [0.05, 0.1) is 7.11 Å². The first kappa shape index (κ1) is 19.8. The summed E-state index contributed by atoms with van der Waals surface area (Å²) in [5.41, 5.74) is 2.42. The van der Waals surface area contributed by atoms with Gasteiger partial charge in [0.25, 0.3) is 5.89 Å². The number of hydrogen-bond acceptors (Lipinski definition) is 7. The van der Waals surface area contributed by atoms with Gasteiger partial charge in [0.2, 0.25) is 5.89 Å². The van der Waals surface area contributed by atoms with E-state index in [1.54, 1.807) is 38.3 Å². The van der Waals surface area contributed by atoms with Crippen LogP contribution in [0.3, 0.4) is 0 Å². The van der Waals surface area contributed by atoms with Gasteiger partial charge in [-0.1, -0.05) is 29.8 Å². The molecule has 0 amide bonds. The minimum Gasteiger partial charge on any atom is -0.497 e. The van der Waals surface area contributed by atoms with Crippen LogP contribution in [0, 0.1) is 18.3 Å². The van der Waals surface area contributed by atoms with Crippen molar-refractivity contribution >= 4 is 12.0 Å². The Balaban J connectivity index is 1.71. The molecule has 0 saturated heterocycles. The standard InChI is InChI=1S/C22H19N3O4/c1-14-4-8-17(9-5-14)21-25-24-20(29-21)15(2)28-22(26)18(13-23)12-16-6-10-19(27-3)11-7-16/h4-12,15H,1-3H3/b18-12+/t15-/m1/s1. The van der Waals surface area contributed by atoms with Crippen LogP contribution in [0.4, 0.5) is 0 Å². The summed E-state index contributed by atoms with van der Waals surface area (Å²) in [6, 6.07) is 16.4. The number of aryl methyl sites for hydroxylation is 1. The Bertz CT molecular complexity index is 1060. The van der Waals surface area contributed by atoms with Crippen LogP contribution in [0.5, 0.6) is 5.75 Å². The molecule has 2 aromatic carbocycles. The van der Waals surface area contributed by atoms with Crippen molar-refractivity contribution in [2.45, 2.75) is 20.0 Å². The molecule has 3 rings (SSSR count). The fraction of sp³-hybridized carbons (Fsp3) is 0.182. The maximum absolute atomic E-state index is 12.4. The van der Waals surface area contributed by atoms with Crippen molar-refractivity contribution in [2.75, 3.05) is 7.11 Å². The molecule has 1 atom stereocenters. The van der Waals surface area contributed by atoms with Gasteiger partial charge in [0.1, 0.15) is 17.4 Å². The molecule has 0 aliphatic heterocycles. The van der Waals surface area contributed by atoms with Crippen molar-refractivity contribution in [3.63, 3.8) is 0 Å². The first-order valence-corrected chi connectivity index (χ1v) is 8.87. The van der Waals surface area contributed by atoms with Crippen molar-refractivity contribution in [1.29, 1.82) is 5.26 Å². The lowest BCUT2D eigenvalue weighted by atomic mass is 10.1. The summed E-state index contributed by atoms with van der Waals surface area (Å²) in [5.74, 6) is 0.386. The minimum absolute atomic E-state index is 0.139. The fourth-order valence-corrected chi connectivity index (χ4v) is 2.49. The van der Waals surface area contributed by atoms with Gasteiger partial charge in [0.15, 0.2) is 6.10 Å². The van der Waals surface area contributed by atoms with Gasteiger partial charge in [-0.15, -0.1) is 10.2 Å². The van der Waals surface area contributed by atoms with Crippen LogP contribution in [0.2, 0.25) is 0 Å². The van der Waals surface area contributed by atoms with Crippen LogP contribution in [0.25, 0.3) is 17.5 Å². The highest BCUT2D eigenvalue weighted by molar-refractivity contribution is 5.98. The van der Waals surface area contributed by atoms with E-state index < -0.39 is 12.1 Å². The van der Waals surface area contributed by atoms with Crippen LogP contribution in [0.15, 0.2) is 58.5 Å². The van der Waals surface area contributed by atoms with E-state index in [1.165, 1.54) is 6.08 Å². The number of nitrogens with zero attached hydrogens (tertiary/aromatic N) is 3.